The summed E-state index contributed by atoms with van der Waals surface area (Å²) in [5.41, 5.74) is 2.38. The molecular weight excluding hydrogens is 252 g/mol. The third-order valence-electron chi connectivity index (χ3n) is 3.27. The minimum absolute atomic E-state index is 0.0781. The first-order chi connectivity index (χ1) is 9.70. The van der Waals surface area contributed by atoms with E-state index in [2.05, 4.69) is 6.92 Å². The van der Waals surface area contributed by atoms with Gasteiger partial charge in [-0.15, -0.1) is 0 Å². The summed E-state index contributed by atoms with van der Waals surface area (Å²) in [7, 11) is 0. The third kappa shape index (κ3) is 2.87. The topological polar surface area (TPSA) is 27.7 Å². The van der Waals surface area contributed by atoms with Crippen molar-refractivity contribution in [2.45, 2.75) is 20.0 Å². The molecule has 3 rings (SSSR count). The van der Waals surface area contributed by atoms with Gasteiger partial charge in [0.25, 0.3) is 0 Å². The van der Waals surface area contributed by atoms with Gasteiger partial charge in [0, 0.05) is 0 Å². The Bertz CT molecular complexity index is 590. The van der Waals surface area contributed by atoms with Crippen molar-refractivity contribution in [3.8, 4) is 17.2 Å². The highest BCUT2D eigenvalue weighted by atomic mass is 16.6. The molecule has 0 radical (unpaired) electrons. The monoisotopic (exact) mass is 270 g/mol. The lowest BCUT2D eigenvalue weighted by Gasteiger charge is -2.26. The van der Waals surface area contributed by atoms with Crippen LogP contribution in [0.25, 0.3) is 0 Å². The Morgan fingerprint density at radius 1 is 1.00 bits per heavy atom. The molecule has 104 valence electrons. The first-order valence-corrected chi connectivity index (χ1v) is 6.80. The van der Waals surface area contributed by atoms with Crippen LogP contribution < -0.4 is 14.2 Å². The van der Waals surface area contributed by atoms with Crippen LogP contribution in [0.2, 0.25) is 0 Å². The van der Waals surface area contributed by atoms with Gasteiger partial charge >= 0.3 is 0 Å². The summed E-state index contributed by atoms with van der Waals surface area (Å²) in [4.78, 5) is 0. The molecule has 0 saturated heterocycles. The molecule has 3 heteroatoms. The van der Waals surface area contributed by atoms with E-state index < -0.39 is 0 Å². The van der Waals surface area contributed by atoms with E-state index >= 15 is 0 Å². The lowest BCUT2D eigenvalue weighted by molar-refractivity contribution is 0.0535. The Balaban J connectivity index is 1.61. The van der Waals surface area contributed by atoms with Gasteiger partial charge in [-0.25, -0.2) is 0 Å². The molecule has 0 aliphatic carbocycles. The van der Waals surface area contributed by atoms with E-state index in [-0.39, 0.29) is 6.10 Å². The van der Waals surface area contributed by atoms with Crippen molar-refractivity contribution in [3.05, 3.63) is 53.6 Å². The maximum atomic E-state index is 5.91. The minimum Gasteiger partial charge on any atom is -0.490 e. The molecule has 1 aliphatic heterocycles. The van der Waals surface area contributed by atoms with Gasteiger partial charge in [0.15, 0.2) is 17.6 Å². The van der Waals surface area contributed by atoms with E-state index in [9.17, 15) is 0 Å². The maximum absolute atomic E-state index is 5.91. The van der Waals surface area contributed by atoms with E-state index in [0.29, 0.717) is 13.2 Å². The predicted molar refractivity (Wildman–Crippen MR) is 77.8 cm³/mol. The fraction of sp³-hybridized carbons (Fsp3) is 0.294. The van der Waals surface area contributed by atoms with Crippen molar-refractivity contribution in [2.75, 3.05) is 13.2 Å². The average Bonchev–Trinajstić information content (AvgIpc) is 2.46. The van der Waals surface area contributed by atoms with Crippen LogP contribution in [0.5, 0.6) is 17.2 Å². The van der Waals surface area contributed by atoms with Gasteiger partial charge in [0.2, 0.25) is 0 Å². The van der Waals surface area contributed by atoms with Gasteiger partial charge < -0.3 is 14.2 Å². The number of ether oxygens (including phenoxy) is 3. The molecule has 0 fully saturated rings. The van der Waals surface area contributed by atoms with Crippen LogP contribution in [0.1, 0.15) is 11.1 Å². The molecule has 0 saturated carbocycles. The van der Waals surface area contributed by atoms with Gasteiger partial charge in [0.05, 0.1) is 0 Å². The van der Waals surface area contributed by atoms with Crippen LogP contribution in [0.3, 0.4) is 0 Å². The summed E-state index contributed by atoms with van der Waals surface area (Å²) in [5, 5.41) is 0. The second-order valence-electron chi connectivity index (χ2n) is 5.13. The Kier molecular flexibility index (Phi) is 3.50. The Morgan fingerprint density at radius 3 is 2.55 bits per heavy atom. The fourth-order valence-electron chi connectivity index (χ4n) is 2.13. The summed E-state index contributed by atoms with van der Waals surface area (Å²) in [6.07, 6.45) is -0.0781. The van der Waals surface area contributed by atoms with Gasteiger partial charge in [-0.05, 0) is 43.7 Å². The van der Waals surface area contributed by atoms with Crippen LogP contribution >= 0.6 is 0 Å². The molecule has 0 N–H and O–H groups in total. The number of hydrogen-bond acceptors (Lipinski definition) is 3. The summed E-state index contributed by atoms with van der Waals surface area (Å²) in [6, 6.07) is 14.0. The third-order valence-corrected chi connectivity index (χ3v) is 3.27. The molecule has 1 atom stereocenters. The van der Waals surface area contributed by atoms with Crippen molar-refractivity contribution >= 4 is 0 Å². The van der Waals surface area contributed by atoms with E-state index in [1.807, 2.05) is 49.4 Å². The number of hydrogen-bond donors (Lipinski definition) is 0. The predicted octanol–water partition coefficient (Wildman–Crippen LogP) is 3.52. The van der Waals surface area contributed by atoms with Gasteiger partial charge in [-0.3, -0.25) is 0 Å². The van der Waals surface area contributed by atoms with E-state index in [1.54, 1.807) is 0 Å². The Labute approximate surface area is 119 Å². The highest BCUT2D eigenvalue weighted by Crippen LogP contribution is 2.32. The second-order valence-corrected chi connectivity index (χ2v) is 5.13. The summed E-state index contributed by atoms with van der Waals surface area (Å²) < 4.78 is 17.3. The highest BCUT2D eigenvalue weighted by Gasteiger charge is 2.21. The highest BCUT2D eigenvalue weighted by molar-refractivity contribution is 5.43. The van der Waals surface area contributed by atoms with Crippen molar-refractivity contribution in [1.29, 1.82) is 0 Å². The number of aryl methyl sites for hydroxylation is 2. The molecule has 2 aromatic carbocycles. The molecule has 3 nitrogen and oxygen atoms in total. The first kappa shape index (κ1) is 12.9. The standard InChI is InChI=1S/C17H18O3/c1-12-3-6-14(7-4-12)18-10-15-11-19-16-8-5-13(2)9-17(16)20-15/h3-9,15H,10-11H2,1-2H3. The van der Waals surface area contributed by atoms with E-state index in [1.165, 1.54) is 5.56 Å². The van der Waals surface area contributed by atoms with Gasteiger partial charge in [-0.2, -0.15) is 0 Å². The largest absolute Gasteiger partial charge is 0.490 e. The molecule has 1 heterocycles. The summed E-state index contributed by atoms with van der Waals surface area (Å²) in [5.74, 6) is 2.46. The Hall–Kier alpha value is -2.16. The zero-order valence-corrected chi connectivity index (χ0v) is 11.8. The van der Waals surface area contributed by atoms with Crippen LogP contribution in [-0.2, 0) is 0 Å². The quantitative estimate of drug-likeness (QED) is 0.854. The number of fused-ring (bicyclic) bond motifs is 1. The molecule has 1 unspecified atom stereocenters. The van der Waals surface area contributed by atoms with Crippen molar-refractivity contribution in [2.24, 2.45) is 0 Å². The number of benzene rings is 2. The lowest BCUT2D eigenvalue weighted by atomic mass is 10.2. The lowest BCUT2D eigenvalue weighted by Crippen LogP contribution is -2.34. The molecule has 0 aromatic heterocycles. The normalized spacial score (nSPS) is 16.8. The molecule has 20 heavy (non-hydrogen) atoms. The van der Waals surface area contributed by atoms with E-state index in [4.69, 9.17) is 14.2 Å². The number of rotatable bonds is 3. The maximum Gasteiger partial charge on any atom is 0.166 e. The zero-order chi connectivity index (χ0) is 13.9. The van der Waals surface area contributed by atoms with Crippen LogP contribution in [-0.4, -0.2) is 19.3 Å². The van der Waals surface area contributed by atoms with Crippen molar-refractivity contribution < 1.29 is 14.2 Å². The molecular formula is C17H18O3. The zero-order valence-electron chi connectivity index (χ0n) is 11.8. The van der Waals surface area contributed by atoms with Crippen LogP contribution in [0.4, 0.5) is 0 Å². The molecule has 0 bridgehead atoms. The van der Waals surface area contributed by atoms with Crippen LogP contribution in [0.15, 0.2) is 42.5 Å². The smallest absolute Gasteiger partial charge is 0.166 e. The first-order valence-electron chi connectivity index (χ1n) is 6.80. The van der Waals surface area contributed by atoms with Crippen molar-refractivity contribution in [3.63, 3.8) is 0 Å². The molecule has 0 spiro atoms. The summed E-state index contributed by atoms with van der Waals surface area (Å²) in [6.45, 7) is 5.09. The molecule has 2 aromatic rings. The van der Waals surface area contributed by atoms with Gasteiger partial charge in [-0.1, -0.05) is 23.8 Å². The molecule has 1 aliphatic rings. The summed E-state index contributed by atoms with van der Waals surface area (Å²) >= 11 is 0. The minimum atomic E-state index is -0.0781. The average molecular weight is 270 g/mol. The molecule has 0 amide bonds. The SMILES string of the molecule is Cc1ccc(OCC2COc3ccc(C)cc3O2)cc1. The van der Waals surface area contributed by atoms with Crippen LogP contribution in [0, 0.1) is 13.8 Å². The fourth-order valence-corrected chi connectivity index (χ4v) is 2.13. The second kappa shape index (κ2) is 5.45. The van der Waals surface area contributed by atoms with Crippen molar-refractivity contribution in [1.82, 2.24) is 0 Å². The Morgan fingerprint density at radius 2 is 1.75 bits per heavy atom. The van der Waals surface area contributed by atoms with E-state index in [0.717, 1.165) is 22.8 Å². The van der Waals surface area contributed by atoms with Gasteiger partial charge in [0.1, 0.15) is 19.0 Å².